The molecule has 2 rings (SSSR count). The molecule has 0 spiro atoms. The first-order valence-electron chi connectivity index (χ1n) is 6.53. The van der Waals surface area contributed by atoms with Crippen LogP contribution >= 0.6 is 11.6 Å². The smallest absolute Gasteiger partial charge is 0.324 e. The first-order valence-corrected chi connectivity index (χ1v) is 6.90. The summed E-state index contributed by atoms with van der Waals surface area (Å²) in [5.41, 5.74) is 1.07. The minimum atomic E-state index is -0.352. The van der Waals surface area contributed by atoms with Gasteiger partial charge in [0, 0.05) is 24.7 Å². The molecule has 1 aliphatic rings. The fourth-order valence-electron chi connectivity index (χ4n) is 2.11. The first kappa shape index (κ1) is 14.8. The van der Waals surface area contributed by atoms with Crippen molar-refractivity contribution in [3.63, 3.8) is 0 Å². The van der Waals surface area contributed by atoms with Crippen LogP contribution in [0.15, 0.2) is 24.3 Å². The van der Waals surface area contributed by atoms with E-state index in [2.05, 4.69) is 5.32 Å². The first-order chi connectivity index (χ1) is 9.49. The molecule has 1 saturated heterocycles. The number of halogens is 1. The third-order valence-corrected chi connectivity index (χ3v) is 3.74. The van der Waals surface area contributed by atoms with E-state index in [4.69, 9.17) is 11.6 Å². The Balaban J connectivity index is 1.97. The number of nitrogens with zero attached hydrogens (tertiary/aromatic N) is 2. The maximum absolute atomic E-state index is 12.2. The van der Waals surface area contributed by atoms with E-state index >= 15 is 0 Å². The van der Waals surface area contributed by atoms with Gasteiger partial charge in [0.05, 0.1) is 6.04 Å². The molecule has 0 aromatic heterocycles. The minimum absolute atomic E-state index is 0.170. The summed E-state index contributed by atoms with van der Waals surface area (Å²) >= 11 is 5.84. The Bertz CT molecular complexity index is 504. The van der Waals surface area contributed by atoms with Crippen molar-refractivity contribution in [3.8, 4) is 0 Å². The van der Waals surface area contributed by atoms with E-state index in [0.717, 1.165) is 5.56 Å². The summed E-state index contributed by atoms with van der Waals surface area (Å²) in [6.07, 6.45) is 0. The fraction of sp³-hybridized carbons (Fsp3) is 0.429. The van der Waals surface area contributed by atoms with Crippen LogP contribution in [0.2, 0.25) is 5.02 Å². The molecule has 1 heterocycles. The number of amides is 3. The number of rotatable bonds is 4. The molecule has 6 heteroatoms. The number of likely N-dealkylation sites (N-methyl/N-ethyl adjacent to an activating group) is 1. The molecule has 1 atom stereocenters. The maximum Gasteiger partial charge on any atom is 0.324 e. The van der Waals surface area contributed by atoms with Gasteiger partial charge in [-0.25, -0.2) is 4.79 Å². The third kappa shape index (κ3) is 3.29. The molecule has 20 heavy (non-hydrogen) atoms. The molecule has 1 N–H and O–H groups in total. The van der Waals surface area contributed by atoms with Crippen LogP contribution in [0.4, 0.5) is 4.79 Å². The van der Waals surface area contributed by atoms with Gasteiger partial charge in [0.15, 0.2) is 0 Å². The molecular weight excluding hydrogens is 278 g/mol. The molecule has 108 valence electrons. The van der Waals surface area contributed by atoms with Crippen LogP contribution in [0.3, 0.4) is 0 Å². The zero-order valence-corrected chi connectivity index (χ0v) is 12.4. The summed E-state index contributed by atoms with van der Waals surface area (Å²) in [6, 6.07) is 6.85. The number of carbonyl (C=O) groups excluding carboxylic acids is 2. The van der Waals surface area contributed by atoms with E-state index in [1.807, 2.05) is 43.1 Å². The van der Waals surface area contributed by atoms with Gasteiger partial charge < -0.3 is 5.32 Å². The maximum atomic E-state index is 12.2. The van der Waals surface area contributed by atoms with Crippen LogP contribution in [0, 0.1) is 0 Å². The molecule has 1 unspecified atom stereocenters. The lowest BCUT2D eigenvalue weighted by Crippen LogP contribution is -2.46. The quantitative estimate of drug-likeness (QED) is 0.920. The van der Waals surface area contributed by atoms with Crippen LogP contribution in [-0.4, -0.2) is 47.9 Å². The highest BCUT2D eigenvalue weighted by Gasteiger charge is 2.31. The highest BCUT2D eigenvalue weighted by Crippen LogP contribution is 2.13. The Morgan fingerprint density at radius 1 is 1.45 bits per heavy atom. The van der Waals surface area contributed by atoms with Crippen molar-refractivity contribution in [2.24, 2.45) is 0 Å². The number of hydrogen-bond donors (Lipinski definition) is 1. The lowest BCUT2D eigenvalue weighted by atomic mass is 10.2. The Morgan fingerprint density at radius 2 is 2.10 bits per heavy atom. The van der Waals surface area contributed by atoms with Gasteiger partial charge in [-0.05, 0) is 31.7 Å². The van der Waals surface area contributed by atoms with E-state index in [0.29, 0.717) is 24.7 Å². The van der Waals surface area contributed by atoms with Crippen LogP contribution in [-0.2, 0) is 11.3 Å². The fourth-order valence-corrected chi connectivity index (χ4v) is 2.24. The van der Waals surface area contributed by atoms with Gasteiger partial charge in [0.2, 0.25) is 5.91 Å². The van der Waals surface area contributed by atoms with Crippen LogP contribution in [0.25, 0.3) is 0 Å². The molecule has 1 aromatic rings. The second kappa shape index (κ2) is 6.24. The van der Waals surface area contributed by atoms with Crippen molar-refractivity contribution in [2.45, 2.75) is 19.5 Å². The number of carbonyl (C=O) groups is 2. The van der Waals surface area contributed by atoms with E-state index < -0.39 is 0 Å². The molecule has 0 saturated carbocycles. The minimum Gasteiger partial charge on any atom is -0.336 e. The van der Waals surface area contributed by atoms with Gasteiger partial charge in [-0.3, -0.25) is 14.6 Å². The average Bonchev–Trinajstić information content (AvgIpc) is 2.86. The summed E-state index contributed by atoms with van der Waals surface area (Å²) < 4.78 is 0. The molecule has 3 amide bonds. The summed E-state index contributed by atoms with van der Waals surface area (Å²) in [5, 5.41) is 3.32. The molecule has 0 bridgehead atoms. The molecule has 1 fully saturated rings. The number of nitrogens with one attached hydrogen (secondary N) is 1. The zero-order chi connectivity index (χ0) is 14.7. The normalized spacial score (nSPS) is 16.4. The highest BCUT2D eigenvalue weighted by atomic mass is 35.5. The van der Waals surface area contributed by atoms with Crippen molar-refractivity contribution in [3.05, 3.63) is 34.9 Å². The van der Waals surface area contributed by atoms with Gasteiger partial charge in [-0.15, -0.1) is 0 Å². The van der Waals surface area contributed by atoms with E-state index in [1.54, 1.807) is 0 Å². The van der Waals surface area contributed by atoms with Crippen LogP contribution < -0.4 is 5.32 Å². The van der Waals surface area contributed by atoms with Gasteiger partial charge in [-0.2, -0.15) is 0 Å². The SMILES string of the molecule is CC(C(=O)N1CCNC1=O)N(C)Cc1ccc(Cl)cc1. The molecule has 1 aromatic carbocycles. The molecule has 0 radical (unpaired) electrons. The van der Waals surface area contributed by atoms with Crippen molar-refractivity contribution in [1.82, 2.24) is 15.1 Å². The summed E-state index contributed by atoms with van der Waals surface area (Å²) in [4.78, 5) is 26.9. The van der Waals surface area contributed by atoms with Crippen LogP contribution in [0.5, 0.6) is 0 Å². The zero-order valence-electron chi connectivity index (χ0n) is 11.6. The second-order valence-corrected chi connectivity index (χ2v) is 5.38. The van der Waals surface area contributed by atoms with E-state index in [1.165, 1.54) is 4.90 Å². The van der Waals surface area contributed by atoms with Crippen molar-refractivity contribution in [1.29, 1.82) is 0 Å². The van der Waals surface area contributed by atoms with Crippen molar-refractivity contribution >= 4 is 23.5 Å². The van der Waals surface area contributed by atoms with E-state index in [-0.39, 0.29) is 18.0 Å². The Morgan fingerprint density at radius 3 is 2.65 bits per heavy atom. The lowest BCUT2D eigenvalue weighted by molar-refractivity contribution is -0.132. The van der Waals surface area contributed by atoms with Gasteiger partial charge in [0.1, 0.15) is 0 Å². The molecule has 5 nitrogen and oxygen atoms in total. The largest absolute Gasteiger partial charge is 0.336 e. The van der Waals surface area contributed by atoms with Crippen molar-refractivity contribution in [2.75, 3.05) is 20.1 Å². The molecule has 1 aliphatic heterocycles. The predicted octanol–water partition coefficient (Wildman–Crippen LogP) is 1.71. The Hall–Kier alpha value is -1.59. The van der Waals surface area contributed by atoms with Crippen LogP contribution in [0.1, 0.15) is 12.5 Å². The number of benzene rings is 1. The number of hydrogen-bond acceptors (Lipinski definition) is 3. The second-order valence-electron chi connectivity index (χ2n) is 4.94. The standard InChI is InChI=1S/C14H18ClN3O2/c1-10(13(19)18-8-7-16-14(18)20)17(2)9-11-3-5-12(15)6-4-11/h3-6,10H,7-9H2,1-2H3,(H,16,20). The molecular formula is C14H18ClN3O2. The number of imide groups is 1. The summed E-state index contributed by atoms with van der Waals surface area (Å²) in [6.45, 7) is 3.40. The van der Waals surface area contributed by atoms with Gasteiger partial charge in [-0.1, -0.05) is 23.7 Å². The number of urea groups is 1. The van der Waals surface area contributed by atoms with Gasteiger partial charge in [0.25, 0.3) is 0 Å². The average molecular weight is 296 g/mol. The van der Waals surface area contributed by atoms with Gasteiger partial charge >= 0.3 is 6.03 Å². The summed E-state index contributed by atoms with van der Waals surface area (Å²) in [7, 11) is 1.87. The topological polar surface area (TPSA) is 52.7 Å². The van der Waals surface area contributed by atoms with E-state index in [9.17, 15) is 9.59 Å². The predicted molar refractivity (Wildman–Crippen MR) is 77.5 cm³/mol. The summed E-state index contributed by atoms with van der Waals surface area (Å²) in [5.74, 6) is -0.170. The lowest BCUT2D eigenvalue weighted by Gasteiger charge is -2.26. The van der Waals surface area contributed by atoms with Crippen molar-refractivity contribution < 1.29 is 9.59 Å². The Labute approximate surface area is 123 Å². The third-order valence-electron chi connectivity index (χ3n) is 3.49. The Kier molecular flexibility index (Phi) is 4.62. The monoisotopic (exact) mass is 295 g/mol. The molecule has 0 aliphatic carbocycles. The highest BCUT2D eigenvalue weighted by molar-refractivity contribution is 6.30.